The molecule has 0 radical (unpaired) electrons. The Kier molecular flexibility index (Phi) is 5.33. The summed E-state index contributed by atoms with van der Waals surface area (Å²) < 4.78 is 0. The highest BCUT2D eigenvalue weighted by Gasteiger charge is 2.22. The molecule has 1 atom stereocenters. The smallest absolute Gasteiger partial charge is 0.228 e. The van der Waals surface area contributed by atoms with Gasteiger partial charge in [0.1, 0.15) is 0 Å². The fourth-order valence-electron chi connectivity index (χ4n) is 2.54. The zero-order valence-corrected chi connectivity index (χ0v) is 12.7. The van der Waals surface area contributed by atoms with Crippen molar-refractivity contribution >= 4 is 17.5 Å². The van der Waals surface area contributed by atoms with Crippen LogP contribution in [0.4, 0.5) is 5.69 Å². The normalized spacial score (nSPS) is 17.5. The summed E-state index contributed by atoms with van der Waals surface area (Å²) in [5.41, 5.74) is 1.82. The lowest BCUT2D eigenvalue weighted by atomic mass is 10.1. The molecule has 1 fully saturated rings. The Labute approximate surface area is 125 Å². The summed E-state index contributed by atoms with van der Waals surface area (Å²) in [6, 6.07) is 7.70. The first-order valence-electron chi connectivity index (χ1n) is 7.46. The first-order valence-corrected chi connectivity index (χ1v) is 7.46. The Morgan fingerprint density at radius 2 is 2.24 bits per heavy atom. The summed E-state index contributed by atoms with van der Waals surface area (Å²) >= 11 is 0. The number of anilines is 1. The van der Waals surface area contributed by atoms with Gasteiger partial charge < -0.3 is 15.5 Å². The molecule has 1 aliphatic rings. The summed E-state index contributed by atoms with van der Waals surface area (Å²) in [4.78, 5) is 25.3. The van der Waals surface area contributed by atoms with Crippen LogP contribution in [0.1, 0.15) is 25.8 Å². The van der Waals surface area contributed by atoms with Crippen LogP contribution in [0.2, 0.25) is 0 Å². The van der Waals surface area contributed by atoms with Crippen LogP contribution < -0.4 is 10.6 Å². The highest BCUT2D eigenvalue weighted by molar-refractivity contribution is 5.93. The van der Waals surface area contributed by atoms with Crippen molar-refractivity contribution in [3.63, 3.8) is 0 Å². The summed E-state index contributed by atoms with van der Waals surface area (Å²) in [6.45, 7) is 6.43. The molecule has 5 nitrogen and oxygen atoms in total. The summed E-state index contributed by atoms with van der Waals surface area (Å²) in [5, 5.41) is 6.15. The second-order valence-corrected chi connectivity index (χ2v) is 5.41. The molecule has 1 heterocycles. The molecule has 0 unspecified atom stereocenters. The second-order valence-electron chi connectivity index (χ2n) is 5.41. The molecule has 1 saturated heterocycles. The van der Waals surface area contributed by atoms with E-state index in [-0.39, 0.29) is 17.7 Å². The molecule has 1 aromatic carbocycles. The van der Waals surface area contributed by atoms with Crippen molar-refractivity contribution in [1.82, 2.24) is 10.2 Å². The Morgan fingerprint density at radius 3 is 2.86 bits per heavy atom. The Morgan fingerprint density at radius 1 is 1.43 bits per heavy atom. The standard InChI is InChI=1S/C16H23N3O2/c1-3-19(12(2)20)11-13-5-4-6-15(9-13)18-16(21)14-7-8-17-10-14/h4-6,9,14,17H,3,7-8,10-11H2,1-2H3,(H,18,21)/t14-/m0/s1. The predicted molar refractivity (Wildman–Crippen MR) is 82.8 cm³/mol. The number of carbonyl (C=O) groups excluding carboxylic acids is 2. The molecule has 0 saturated carbocycles. The van der Waals surface area contributed by atoms with Gasteiger partial charge in [-0.1, -0.05) is 12.1 Å². The van der Waals surface area contributed by atoms with E-state index in [2.05, 4.69) is 10.6 Å². The van der Waals surface area contributed by atoms with Gasteiger partial charge in [-0.3, -0.25) is 9.59 Å². The van der Waals surface area contributed by atoms with Gasteiger partial charge in [0.15, 0.2) is 0 Å². The molecule has 1 aliphatic heterocycles. The van der Waals surface area contributed by atoms with Crippen molar-refractivity contribution in [2.75, 3.05) is 25.0 Å². The maximum atomic E-state index is 12.1. The largest absolute Gasteiger partial charge is 0.339 e. The van der Waals surface area contributed by atoms with Gasteiger partial charge in [-0.25, -0.2) is 0 Å². The minimum atomic E-state index is 0.0537. The SMILES string of the molecule is CCN(Cc1cccc(NC(=O)[C@H]2CCNC2)c1)C(C)=O. The van der Waals surface area contributed by atoms with Gasteiger partial charge in [0.2, 0.25) is 11.8 Å². The van der Waals surface area contributed by atoms with Crippen molar-refractivity contribution in [2.45, 2.75) is 26.8 Å². The van der Waals surface area contributed by atoms with Crippen LogP contribution in [-0.2, 0) is 16.1 Å². The van der Waals surface area contributed by atoms with E-state index >= 15 is 0 Å². The number of rotatable bonds is 5. The van der Waals surface area contributed by atoms with Gasteiger partial charge in [-0.05, 0) is 37.6 Å². The lowest BCUT2D eigenvalue weighted by Gasteiger charge is -2.19. The molecule has 5 heteroatoms. The minimum Gasteiger partial charge on any atom is -0.339 e. The number of benzene rings is 1. The van der Waals surface area contributed by atoms with Crippen LogP contribution in [0.3, 0.4) is 0 Å². The first-order chi connectivity index (χ1) is 10.1. The maximum Gasteiger partial charge on any atom is 0.228 e. The van der Waals surface area contributed by atoms with Crippen molar-refractivity contribution in [2.24, 2.45) is 5.92 Å². The molecule has 0 spiro atoms. The number of hydrogen-bond donors (Lipinski definition) is 2. The third-order valence-electron chi connectivity index (χ3n) is 3.83. The number of carbonyl (C=O) groups is 2. The van der Waals surface area contributed by atoms with Crippen molar-refractivity contribution in [3.05, 3.63) is 29.8 Å². The number of nitrogens with zero attached hydrogens (tertiary/aromatic N) is 1. The maximum absolute atomic E-state index is 12.1. The molecule has 0 aromatic heterocycles. The van der Waals surface area contributed by atoms with E-state index in [1.807, 2.05) is 31.2 Å². The zero-order valence-electron chi connectivity index (χ0n) is 12.7. The average Bonchev–Trinajstić information content (AvgIpc) is 2.99. The van der Waals surface area contributed by atoms with Crippen LogP contribution >= 0.6 is 0 Å². The van der Waals surface area contributed by atoms with E-state index in [4.69, 9.17) is 0 Å². The third-order valence-corrected chi connectivity index (χ3v) is 3.83. The van der Waals surface area contributed by atoms with Crippen LogP contribution in [0, 0.1) is 5.92 Å². The van der Waals surface area contributed by atoms with Crippen molar-refractivity contribution in [1.29, 1.82) is 0 Å². The number of hydrogen-bond acceptors (Lipinski definition) is 3. The van der Waals surface area contributed by atoms with E-state index in [1.165, 1.54) is 0 Å². The molecule has 0 aliphatic carbocycles. The van der Waals surface area contributed by atoms with Crippen LogP contribution in [0.25, 0.3) is 0 Å². The molecule has 1 aromatic rings. The van der Waals surface area contributed by atoms with Gasteiger partial charge in [-0.2, -0.15) is 0 Å². The predicted octanol–water partition coefficient (Wildman–Crippen LogP) is 1.60. The van der Waals surface area contributed by atoms with E-state index in [9.17, 15) is 9.59 Å². The van der Waals surface area contributed by atoms with Gasteiger partial charge in [0, 0.05) is 32.2 Å². The third kappa shape index (κ3) is 4.29. The highest BCUT2D eigenvalue weighted by Crippen LogP contribution is 2.16. The van der Waals surface area contributed by atoms with E-state index in [0.29, 0.717) is 13.1 Å². The van der Waals surface area contributed by atoms with Crippen LogP contribution in [0.15, 0.2) is 24.3 Å². The summed E-state index contributed by atoms with van der Waals surface area (Å²) in [7, 11) is 0. The second kappa shape index (κ2) is 7.22. The molecule has 21 heavy (non-hydrogen) atoms. The minimum absolute atomic E-state index is 0.0537. The van der Waals surface area contributed by atoms with Crippen LogP contribution in [-0.4, -0.2) is 36.3 Å². The summed E-state index contributed by atoms with van der Waals surface area (Å²) in [6.07, 6.45) is 0.888. The van der Waals surface area contributed by atoms with Crippen molar-refractivity contribution in [3.8, 4) is 0 Å². The topological polar surface area (TPSA) is 61.4 Å². The molecule has 114 valence electrons. The fraction of sp³-hybridized carbons (Fsp3) is 0.500. The van der Waals surface area contributed by atoms with Gasteiger partial charge in [-0.15, -0.1) is 0 Å². The fourth-order valence-corrected chi connectivity index (χ4v) is 2.54. The van der Waals surface area contributed by atoms with Crippen LogP contribution in [0.5, 0.6) is 0 Å². The average molecular weight is 289 g/mol. The van der Waals surface area contributed by atoms with E-state index < -0.39 is 0 Å². The first kappa shape index (κ1) is 15.5. The van der Waals surface area contributed by atoms with Crippen molar-refractivity contribution < 1.29 is 9.59 Å². The quantitative estimate of drug-likeness (QED) is 0.865. The lowest BCUT2D eigenvalue weighted by molar-refractivity contribution is -0.129. The van der Waals surface area contributed by atoms with E-state index in [0.717, 1.165) is 30.8 Å². The lowest BCUT2D eigenvalue weighted by Crippen LogP contribution is -2.28. The zero-order chi connectivity index (χ0) is 15.2. The summed E-state index contributed by atoms with van der Waals surface area (Å²) in [5.74, 6) is 0.179. The molecule has 2 amide bonds. The Balaban J connectivity index is 2.00. The Bertz CT molecular complexity index is 510. The monoisotopic (exact) mass is 289 g/mol. The number of nitrogens with one attached hydrogen (secondary N) is 2. The van der Waals surface area contributed by atoms with E-state index in [1.54, 1.807) is 11.8 Å². The van der Waals surface area contributed by atoms with Gasteiger partial charge >= 0.3 is 0 Å². The molecule has 0 bridgehead atoms. The molecular formula is C16H23N3O2. The number of amides is 2. The molecule has 2 rings (SSSR count). The van der Waals surface area contributed by atoms with Gasteiger partial charge in [0.25, 0.3) is 0 Å². The Hall–Kier alpha value is -1.88. The molecule has 2 N–H and O–H groups in total. The molecular weight excluding hydrogens is 266 g/mol. The highest BCUT2D eigenvalue weighted by atomic mass is 16.2. The van der Waals surface area contributed by atoms with Gasteiger partial charge in [0.05, 0.1) is 5.92 Å².